The van der Waals surface area contributed by atoms with Gasteiger partial charge in [0.25, 0.3) is 0 Å². The molecule has 0 amide bonds. The Morgan fingerprint density at radius 1 is 0.900 bits per heavy atom. The van der Waals surface area contributed by atoms with E-state index in [9.17, 15) is 13.9 Å². The van der Waals surface area contributed by atoms with Crippen LogP contribution in [-0.2, 0) is 37.0 Å². The molecule has 0 fully saturated rings. The molecule has 20 heavy (non-hydrogen) atoms. The second-order valence-electron chi connectivity index (χ2n) is 11.4. The predicted octanol–water partition coefficient (Wildman–Crippen LogP) is 6.15. The maximum absolute atomic E-state index is 13.1. The van der Waals surface area contributed by atoms with E-state index in [1.807, 2.05) is 21.9 Å². The Morgan fingerprint density at radius 2 is 1.20 bits per heavy atom. The minimum atomic E-state index is -8.09. The van der Waals surface area contributed by atoms with Crippen LogP contribution in [0.25, 0.3) is 0 Å². The molecule has 0 bridgehead atoms. The molecule has 0 spiro atoms. The Bertz CT molecular complexity index is 969. The second kappa shape index (κ2) is 2.19. The van der Waals surface area contributed by atoms with Crippen LogP contribution >= 0.6 is 0 Å². The number of hydrogen-bond acceptors (Lipinski definition) is 4. The van der Waals surface area contributed by atoms with Crippen molar-refractivity contribution in [2.24, 2.45) is 0 Å². The average molecular weight is 641 g/mol. The van der Waals surface area contributed by atoms with E-state index < -0.39 is 23.1 Å². The van der Waals surface area contributed by atoms with Crippen molar-refractivity contribution in [1.82, 2.24) is 0 Å². The van der Waals surface area contributed by atoms with Gasteiger partial charge >= 0.3 is 115 Å². The summed E-state index contributed by atoms with van der Waals surface area (Å²) >= 11 is -2.90. The normalized spacial score (nSPS) is 28.4. The van der Waals surface area contributed by atoms with Crippen molar-refractivity contribution in [2.45, 2.75) is 55.3 Å². The van der Waals surface area contributed by atoms with Crippen molar-refractivity contribution in [3.05, 3.63) is 22.3 Å². The van der Waals surface area contributed by atoms with Crippen LogP contribution in [-0.4, -0.2) is 0 Å². The van der Waals surface area contributed by atoms with E-state index in [0.29, 0.717) is 0 Å². The zero-order chi connectivity index (χ0) is 17.2. The number of hydrogen-bond donors (Lipinski definition) is 0. The van der Waals surface area contributed by atoms with Crippen LogP contribution in [0.4, 0.5) is 0 Å². The van der Waals surface area contributed by atoms with Crippen LogP contribution in [0.1, 0.15) is 6.42 Å². The first-order chi connectivity index (χ1) is 7.41. The summed E-state index contributed by atoms with van der Waals surface area (Å²) in [5.41, 5.74) is 7.40. The SMILES string of the molecule is [CH3][Os]([CH3])([CH3])([CH3])=[O].[CH3][Re]([CH3])([CH3])([CH3])([CH3])(=[O])(=[O])(=[O])[C]1=CC=CC1. The zero-order valence-corrected chi connectivity index (χ0v) is 19.6. The molecule has 4 nitrogen and oxygen atoms in total. The van der Waals surface area contributed by atoms with Gasteiger partial charge in [0.2, 0.25) is 0 Å². The first-order valence-electron chi connectivity index (χ1n) is 5.82. The molecule has 0 atom stereocenters. The predicted molar refractivity (Wildman–Crippen MR) is 77.4 cm³/mol. The molecule has 1 rings (SSSR count). The quantitative estimate of drug-likeness (QED) is 0.345. The van der Waals surface area contributed by atoms with E-state index in [0.717, 1.165) is 27.0 Å². The fourth-order valence-corrected chi connectivity index (χ4v) is 8.14. The topological polar surface area (TPSA) is 68.3 Å². The molecular formula is C14H32O4OsRe. The van der Waals surface area contributed by atoms with Crippen LogP contribution in [0.15, 0.2) is 22.3 Å². The molecule has 0 unspecified atom stereocenters. The summed E-state index contributed by atoms with van der Waals surface area (Å²) < 4.78 is 50.2. The Hall–Kier alpha value is -0.0213. The number of allylic oxidation sites excluding steroid dienone is 4. The fraction of sp³-hybridized carbons (Fsp3) is 0.714. The van der Waals surface area contributed by atoms with Crippen molar-refractivity contribution in [2.75, 3.05) is 0 Å². The van der Waals surface area contributed by atoms with Gasteiger partial charge < -0.3 is 0 Å². The van der Waals surface area contributed by atoms with Crippen LogP contribution < -0.4 is 0 Å². The van der Waals surface area contributed by atoms with Crippen LogP contribution in [0.5, 0.6) is 0 Å². The molecule has 127 valence electrons. The maximum atomic E-state index is 13.1. The van der Waals surface area contributed by atoms with Gasteiger partial charge in [-0.25, -0.2) is 0 Å². The summed E-state index contributed by atoms with van der Waals surface area (Å²) in [6.45, 7) is 0. The third kappa shape index (κ3) is 9.82. The Labute approximate surface area is 114 Å². The summed E-state index contributed by atoms with van der Waals surface area (Å²) in [5, 5.41) is 4.26. The Kier molecular flexibility index (Phi) is 2.18. The molecule has 0 aromatic rings. The zero-order valence-electron chi connectivity index (χ0n) is 14.3. The monoisotopic (exact) mass is 643 g/mol. The van der Waals surface area contributed by atoms with Gasteiger partial charge in [0.15, 0.2) is 0 Å². The third-order valence-electron chi connectivity index (χ3n) is 2.24. The van der Waals surface area contributed by atoms with Gasteiger partial charge in [-0.3, -0.25) is 0 Å². The van der Waals surface area contributed by atoms with Crippen molar-refractivity contribution < 1.29 is 37.0 Å². The molecule has 0 aromatic heterocycles. The van der Waals surface area contributed by atoms with E-state index in [4.69, 9.17) is 0 Å². The molecule has 0 saturated heterocycles. The van der Waals surface area contributed by atoms with Crippen molar-refractivity contribution in [1.29, 1.82) is 0 Å². The van der Waals surface area contributed by atoms with Crippen molar-refractivity contribution in [3.63, 3.8) is 0 Å². The van der Waals surface area contributed by atoms with Gasteiger partial charge in [-0.15, -0.1) is 0 Å². The van der Waals surface area contributed by atoms with Gasteiger partial charge in [0.1, 0.15) is 0 Å². The van der Waals surface area contributed by atoms with Crippen LogP contribution in [0.3, 0.4) is 0 Å². The van der Waals surface area contributed by atoms with Crippen LogP contribution in [0.2, 0.25) is 48.9 Å². The van der Waals surface area contributed by atoms with E-state index in [-0.39, 0.29) is 10.5 Å². The standard InChI is InChI=1S/C5H5.9CH3.4O.Os.Re/c1-2-4-5-3-1;;;;;;;;;;;;;;;/h1-3H,4H2;9*1H3;;;;;;. The molecule has 0 aliphatic heterocycles. The first kappa shape index (κ1) is 20.0. The van der Waals surface area contributed by atoms with Crippen molar-refractivity contribution >= 4 is 0 Å². The van der Waals surface area contributed by atoms with Gasteiger partial charge in [-0.2, -0.15) is 0 Å². The summed E-state index contributed by atoms with van der Waals surface area (Å²) in [6.07, 6.45) is 4.86. The molecule has 0 radical (unpaired) electrons. The summed E-state index contributed by atoms with van der Waals surface area (Å²) in [6, 6.07) is 0. The average Bonchev–Trinajstić information content (AvgIpc) is 2.16. The summed E-state index contributed by atoms with van der Waals surface area (Å²) in [5.74, 6) is 0. The minimum absolute atomic E-state index is 0.0448. The Morgan fingerprint density at radius 3 is 1.30 bits per heavy atom. The molecule has 1 aliphatic rings. The van der Waals surface area contributed by atoms with E-state index in [1.54, 1.807) is 12.2 Å². The molecule has 1 aliphatic carbocycles. The third-order valence-corrected chi connectivity index (χ3v) is 14.1. The molecule has 0 saturated carbocycles. The van der Waals surface area contributed by atoms with E-state index in [2.05, 4.69) is 0 Å². The molecular weight excluding hydrogens is 609 g/mol. The Balaban J connectivity index is 0.000000511. The van der Waals surface area contributed by atoms with Crippen molar-refractivity contribution in [3.8, 4) is 0 Å². The molecule has 0 heterocycles. The van der Waals surface area contributed by atoms with Crippen LogP contribution in [0, 0.1) is 0 Å². The molecule has 0 aromatic carbocycles. The van der Waals surface area contributed by atoms with E-state index >= 15 is 0 Å². The molecule has 6 heteroatoms. The number of rotatable bonds is 1. The first-order valence-corrected chi connectivity index (χ1v) is 35.3. The van der Waals surface area contributed by atoms with Gasteiger partial charge in [0.05, 0.1) is 0 Å². The molecule has 0 N–H and O–H groups in total. The summed E-state index contributed by atoms with van der Waals surface area (Å²) in [7, 11) is -8.09. The van der Waals surface area contributed by atoms with Gasteiger partial charge in [0, 0.05) is 0 Å². The second-order valence-corrected chi connectivity index (χ2v) is 86.1. The van der Waals surface area contributed by atoms with Gasteiger partial charge in [-0.1, -0.05) is 0 Å². The summed E-state index contributed by atoms with van der Waals surface area (Å²) in [4.78, 5) is 0. The van der Waals surface area contributed by atoms with E-state index in [1.165, 1.54) is 6.08 Å². The fourth-order valence-electron chi connectivity index (χ4n) is 1.29. The van der Waals surface area contributed by atoms with Gasteiger partial charge in [-0.05, 0) is 0 Å².